The molecule has 0 aliphatic carbocycles. The molecule has 1 aromatic rings. The molecule has 1 aromatic heterocycles. The minimum atomic E-state index is 1.05. The Kier molecular flexibility index (Phi) is 2.30. The van der Waals surface area contributed by atoms with Gasteiger partial charge in [0.25, 0.3) is 0 Å². The van der Waals surface area contributed by atoms with Gasteiger partial charge in [0, 0.05) is 23.8 Å². The molecule has 0 bridgehead atoms. The van der Waals surface area contributed by atoms with E-state index in [1.54, 1.807) is 0 Å². The summed E-state index contributed by atoms with van der Waals surface area (Å²) in [5.74, 6) is 1.11. The molecule has 1 saturated heterocycles. The Morgan fingerprint density at radius 2 is 2.00 bits per heavy atom. The van der Waals surface area contributed by atoms with Crippen molar-refractivity contribution in [2.24, 2.45) is 0 Å². The van der Waals surface area contributed by atoms with Crippen LogP contribution in [0, 0.1) is 0 Å². The van der Waals surface area contributed by atoms with E-state index in [4.69, 9.17) is 0 Å². The summed E-state index contributed by atoms with van der Waals surface area (Å²) in [4.78, 5) is 6.67. The molecule has 1 aliphatic heterocycles. The molecule has 12 heavy (non-hydrogen) atoms. The number of hydrogen-bond donors (Lipinski definition) is 0. The minimum Gasteiger partial charge on any atom is -0.357 e. The fraction of sp³-hybridized carbons (Fsp3) is 0.444. The van der Waals surface area contributed by atoms with E-state index in [2.05, 4.69) is 31.9 Å². The first-order valence-electron chi connectivity index (χ1n) is 4.23. The van der Waals surface area contributed by atoms with E-state index in [0.717, 1.165) is 23.4 Å². The Labute approximate surface area is 80.7 Å². The van der Waals surface area contributed by atoms with Crippen LogP contribution in [0.15, 0.2) is 22.8 Å². The number of hydrogen-bond acceptors (Lipinski definition) is 2. The van der Waals surface area contributed by atoms with E-state index in [0.29, 0.717) is 0 Å². The van der Waals surface area contributed by atoms with Crippen molar-refractivity contribution < 1.29 is 0 Å². The van der Waals surface area contributed by atoms with Crippen molar-refractivity contribution in [2.45, 2.75) is 12.8 Å². The van der Waals surface area contributed by atoms with Gasteiger partial charge in [0.1, 0.15) is 5.82 Å². The molecular formula is C9H11BrN2. The largest absolute Gasteiger partial charge is 0.357 e. The Bertz CT molecular complexity index is 252. The molecule has 3 heteroatoms. The summed E-state index contributed by atoms with van der Waals surface area (Å²) >= 11 is 3.37. The molecule has 0 atom stereocenters. The number of rotatable bonds is 1. The standard InChI is InChI=1S/C9H11BrN2/c10-8-3-4-9(11-7-8)12-5-1-2-6-12/h3-4,7H,1-2,5-6H2. The van der Waals surface area contributed by atoms with Crippen LogP contribution in [0.25, 0.3) is 0 Å². The highest BCUT2D eigenvalue weighted by Crippen LogP contribution is 2.18. The van der Waals surface area contributed by atoms with E-state index >= 15 is 0 Å². The Hall–Kier alpha value is -0.570. The molecule has 0 N–H and O–H groups in total. The minimum absolute atomic E-state index is 1.05. The predicted molar refractivity (Wildman–Crippen MR) is 53.4 cm³/mol. The van der Waals surface area contributed by atoms with Gasteiger partial charge in [-0.25, -0.2) is 4.98 Å². The van der Waals surface area contributed by atoms with Crippen molar-refractivity contribution in [1.82, 2.24) is 4.98 Å². The molecule has 0 unspecified atom stereocenters. The molecule has 0 radical (unpaired) electrons. The highest BCUT2D eigenvalue weighted by Gasteiger charge is 2.12. The second-order valence-corrected chi connectivity index (χ2v) is 3.94. The average molecular weight is 227 g/mol. The monoisotopic (exact) mass is 226 g/mol. The fourth-order valence-electron chi connectivity index (χ4n) is 1.50. The van der Waals surface area contributed by atoms with Crippen molar-refractivity contribution in [3.63, 3.8) is 0 Å². The summed E-state index contributed by atoms with van der Waals surface area (Å²) in [6.45, 7) is 2.32. The molecule has 2 heterocycles. The van der Waals surface area contributed by atoms with Gasteiger partial charge in [-0.1, -0.05) is 0 Å². The molecule has 2 nitrogen and oxygen atoms in total. The summed E-state index contributed by atoms with van der Waals surface area (Å²) in [7, 11) is 0. The van der Waals surface area contributed by atoms with Crippen LogP contribution < -0.4 is 4.90 Å². The van der Waals surface area contributed by atoms with Crippen LogP contribution in [0.2, 0.25) is 0 Å². The maximum atomic E-state index is 4.34. The van der Waals surface area contributed by atoms with Gasteiger partial charge in [-0.3, -0.25) is 0 Å². The van der Waals surface area contributed by atoms with Crippen LogP contribution in [0.3, 0.4) is 0 Å². The zero-order valence-corrected chi connectivity index (χ0v) is 8.42. The van der Waals surface area contributed by atoms with Gasteiger partial charge in [-0.15, -0.1) is 0 Å². The van der Waals surface area contributed by atoms with Gasteiger partial charge < -0.3 is 4.90 Å². The van der Waals surface area contributed by atoms with Crippen molar-refractivity contribution >= 4 is 21.7 Å². The molecule has 64 valence electrons. The van der Waals surface area contributed by atoms with E-state index in [1.165, 1.54) is 12.8 Å². The van der Waals surface area contributed by atoms with E-state index in [-0.39, 0.29) is 0 Å². The zero-order valence-electron chi connectivity index (χ0n) is 6.83. The highest BCUT2D eigenvalue weighted by atomic mass is 79.9. The maximum Gasteiger partial charge on any atom is 0.128 e. The predicted octanol–water partition coefficient (Wildman–Crippen LogP) is 2.44. The summed E-state index contributed by atoms with van der Waals surface area (Å²) in [5, 5.41) is 0. The number of halogens is 1. The second-order valence-electron chi connectivity index (χ2n) is 3.03. The lowest BCUT2D eigenvalue weighted by Crippen LogP contribution is -2.18. The molecule has 0 saturated carbocycles. The van der Waals surface area contributed by atoms with Crippen LogP contribution in [0.1, 0.15) is 12.8 Å². The normalized spacial score (nSPS) is 16.9. The molecule has 0 spiro atoms. The Morgan fingerprint density at radius 1 is 1.25 bits per heavy atom. The number of nitrogens with zero attached hydrogens (tertiary/aromatic N) is 2. The van der Waals surface area contributed by atoms with Crippen LogP contribution >= 0.6 is 15.9 Å². The van der Waals surface area contributed by atoms with Crippen LogP contribution in [-0.4, -0.2) is 18.1 Å². The summed E-state index contributed by atoms with van der Waals surface area (Å²) in [6, 6.07) is 4.11. The fourth-order valence-corrected chi connectivity index (χ4v) is 1.74. The molecule has 0 aromatic carbocycles. The van der Waals surface area contributed by atoms with Gasteiger partial charge in [-0.05, 0) is 40.9 Å². The third-order valence-corrected chi connectivity index (χ3v) is 2.61. The molecule has 1 aliphatic rings. The lowest BCUT2D eigenvalue weighted by Gasteiger charge is -2.15. The topological polar surface area (TPSA) is 16.1 Å². The van der Waals surface area contributed by atoms with Gasteiger partial charge >= 0.3 is 0 Å². The quantitative estimate of drug-likeness (QED) is 0.732. The lowest BCUT2D eigenvalue weighted by atomic mass is 10.4. The van der Waals surface area contributed by atoms with Crippen molar-refractivity contribution in [3.05, 3.63) is 22.8 Å². The van der Waals surface area contributed by atoms with Gasteiger partial charge in [0.15, 0.2) is 0 Å². The van der Waals surface area contributed by atoms with Crippen molar-refractivity contribution in [1.29, 1.82) is 0 Å². The maximum absolute atomic E-state index is 4.34. The molecule has 0 amide bonds. The van der Waals surface area contributed by atoms with Crippen molar-refractivity contribution in [3.8, 4) is 0 Å². The van der Waals surface area contributed by atoms with Crippen molar-refractivity contribution in [2.75, 3.05) is 18.0 Å². The Balaban J connectivity index is 2.17. The van der Waals surface area contributed by atoms with Crippen LogP contribution in [0.4, 0.5) is 5.82 Å². The molecule has 1 fully saturated rings. The van der Waals surface area contributed by atoms with E-state index in [1.807, 2.05) is 12.3 Å². The molecule has 2 rings (SSSR count). The second kappa shape index (κ2) is 3.44. The SMILES string of the molecule is Brc1ccc(N2CCCC2)nc1. The van der Waals surface area contributed by atoms with Gasteiger partial charge in [0.2, 0.25) is 0 Å². The summed E-state index contributed by atoms with van der Waals surface area (Å²) in [6.07, 6.45) is 4.46. The molecular weight excluding hydrogens is 216 g/mol. The first-order valence-corrected chi connectivity index (χ1v) is 5.02. The highest BCUT2D eigenvalue weighted by molar-refractivity contribution is 9.10. The summed E-state index contributed by atoms with van der Waals surface area (Å²) < 4.78 is 1.05. The van der Waals surface area contributed by atoms with E-state index < -0.39 is 0 Å². The number of anilines is 1. The third kappa shape index (κ3) is 1.61. The summed E-state index contributed by atoms with van der Waals surface area (Å²) in [5.41, 5.74) is 0. The number of pyridine rings is 1. The lowest BCUT2D eigenvalue weighted by molar-refractivity contribution is 0.936. The van der Waals surface area contributed by atoms with Crippen LogP contribution in [0.5, 0.6) is 0 Å². The smallest absolute Gasteiger partial charge is 0.128 e. The Morgan fingerprint density at radius 3 is 2.58 bits per heavy atom. The van der Waals surface area contributed by atoms with Gasteiger partial charge in [-0.2, -0.15) is 0 Å². The van der Waals surface area contributed by atoms with Gasteiger partial charge in [0.05, 0.1) is 0 Å². The average Bonchev–Trinajstić information content (AvgIpc) is 2.58. The van der Waals surface area contributed by atoms with Crippen LogP contribution in [-0.2, 0) is 0 Å². The zero-order chi connectivity index (χ0) is 8.39. The number of aromatic nitrogens is 1. The first kappa shape index (κ1) is 8.05. The van der Waals surface area contributed by atoms with E-state index in [9.17, 15) is 0 Å². The first-order chi connectivity index (χ1) is 5.86. The third-order valence-electron chi connectivity index (χ3n) is 2.14.